The van der Waals surface area contributed by atoms with Gasteiger partial charge in [0.25, 0.3) is 0 Å². The fraction of sp³-hybridized carbons (Fsp3) is 0.682. The van der Waals surface area contributed by atoms with Gasteiger partial charge in [-0.3, -0.25) is 0 Å². The van der Waals surface area contributed by atoms with E-state index in [0.29, 0.717) is 17.8 Å². The lowest BCUT2D eigenvalue weighted by Crippen LogP contribution is -2.54. The molecule has 1 N–H and O–H groups in total. The maximum absolute atomic E-state index is 11.1. The van der Waals surface area contributed by atoms with Gasteiger partial charge in [-0.2, -0.15) is 0 Å². The number of aromatic nitrogens is 1. The van der Waals surface area contributed by atoms with Crippen LogP contribution in [-0.2, 0) is 6.42 Å². The molecule has 6 atom stereocenters. The third-order valence-electron chi connectivity index (χ3n) is 8.67. The first-order valence-electron chi connectivity index (χ1n) is 9.76. The Morgan fingerprint density at radius 3 is 2.84 bits per heavy atom. The van der Waals surface area contributed by atoms with E-state index in [1.807, 2.05) is 6.20 Å². The number of nitrogens with zero attached hydrogens (tertiary/aromatic N) is 1. The largest absolute Gasteiger partial charge is 0.377 e. The van der Waals surface area contributed by atoms with Crippen molar-refractivity contribution >= 4 is 6.08 Å². The highest BCUT2D eigenvalue weighted by Crippen LogP contribution is 2.67. The lowest BCUT2D eigenvalue weighted by molar-refractivity contribution is -0.0975. The molecule has 4 aliphatic rings. The van der Waals surface area contributed by atoms with Crippen molar-refractivity contribution in [1.82, 2.24) is 5.16 Å². The molecule has 0 spiro atoms. The van der Waals surface area contributed by atoms with Crippen LogP contribution in [0.4, 0.5) is 0 Å². The number of aliphatic hydroxyl groups is 1. The Balaban J connectivity index is 1.53. The fourth-order valence-corrected chi connectivity index (χ4v) is 7.14. The molecule has 0 aromatic carbocycles. The van der Waals surface area contributed by atoms with E-state index in [1.54, 1.807) is 5.57 Å². The average Bonchev–Trinajstić information content (AvgIpc) is 3.14. The van der Waals surface area contributed by atoms with Gasteiger partial charge in [-0.05, 0) is 74.2 Å². The zero-order valence-electron chi connectivity index (χ0n) is 15.2. The lowest BCUT2D eigenvalue weighted by Gasteiger charge is -2.58. The Bertz CT molecular complexity index is 801. The molecule has 132 valence electrons. The Hall–Kier alpha value is -1.53. The van der Waals surface area contributed by atoms with Crippen LogP contribution in [-0.4, -0.2) is 15.9 Å². The van der Waals surface area contributed by atoms with E-state index >= 15 is 0 Å². The van der Waals surface area contributed by atoms with Crippen LogP contribution < -0.4 is 0 Å². The zero-order valence-corrected chi connectivity index (χ0v) is 15.2. The predicted molar refractivity (Wildman–Crippen MR) is 96.4 cm³/mol. The number of rotatable bonds is 0. The summed E-state index contributed by atoms with van der Waals surface area (Å²) in [4.78, 5) is 0. The van der Waals surface area contributed by atoms with E-state index in [2.05, 4.69) is 31.0 Å². The van der Waals surface area contributed by atoms with Crippen molar-refractivity contribution in [2.45, 2.75) is 64.4 Å². The molecule has 5 rings (SSSR count). The molecule has 1 aromatic rings. The Morgan fingerprint density at radius 1 is 1.24 bits per heavy atom. The molecule has 1 aromatic heterocycles. The Kier molecular flexibility index (Phi) is 3.01. The first kappa shape index (κ1) is 15.7. The van der Waals surface area contributed by atoms with Crippen molar-refractivity contribution in [3.8, 4) is 12.3 Å². The summed E-state index contributed by atoms with van der Waals surface area (Å²) in [5.41, 5.74) is 1.99. The van der Waals surface area contributed by atoms with Gasteiger partial charge in [-0.1, -0.05) is 30.5 Å². The molecule has 1 unspecified atom stereocenters. The summed E-state index contributed by atoms with van der Waals surface area (Å²) in [7, 11) is 0. The monoisotopic (exact) mass is 337 g/mol. The molecule has 1 heterocycles. The number of hydrogen-bond acceptors (Lipinski definition) is 3. The van der Waals surface area contributed by atoms with E-state index in [9.17, 15) is 5.11 Å². The molecular weight excluding hydrogens is 310 g/mol. The predicted octanol–water partition coefficient (Wildman–Crippen LogP) is 4.22. The Labute approximate surface area is 149 Å². The molecule has 0 saturated heterocycles. The van der Waals surface area contributed by atoms with Crippen LogP contribution >= 0.6 is 0 Å². The van der Waals surface area contributed by atoms with Crippen molar-refractivity contribution in [1.29, 1.82) is 0 Å². The van der Waals surface area contributed by atoms with Crippen molar-refractivity contribution in [3.63, 3.8) is 0 Å². The van der Waals surface area contributed by atoms with Crippen LogP contribution in [0.25, 0.3) is 6.08 Å². The molecule has 3 fully saturated rings. The van der Waals surface area contributed by atoms with Gasteiger partial charge in [0.2, 0.25) is 0 Å². The average molecular weight is 337 g/mol. The topological polar surface area (TPSA) is 46.3 Å². The Morgan fingerprint density at radius 2 is 2.04 bits per heavy atom. The van der Waals surface area contributed by atoms with Gasteiger partial charge in [-0.25, -0.2) is 0 Å². The quantitative estimate of drug-likeness (QED) is 0.721. The molecule has 25 heavy (non-hydrogen) atoms. The second-order valence-electron chi connectivity index (χ2n) is 9.39. The molecule has 3 nitrogen and oxygen atoms in total. The van der Waals surface area contributed by atoms with Crippen LogP contribution in [0, 0.1) is 40.9 Å². The highest BCUT2D eigenvalue weighted by Gasteiger charge is 2.63. The first-order chi connectivity index (χ1) is 11.9. The zero-order chi connectivity index (χ0) is 17.4. The molecule has 4 aliphatic carbocycles. The minimum atomic E-state index is -0.909. The number of terminal acetylenes is 1. The van der Waals surface area contributed by atoms with Gasteiger partial charge in [0.05, 0.1) is 6.20 Å². The third kappa shape index (κ3) is 1.79. The maximum atomic E-state index is 11.1. The highest BCUT2D eigenvalue weighted by molar-refractivity contribution is 5.57. The molecule has 3 heteroatoms. The van der Waals surface area contributed by atoms with E-state index in [-0.39, 0.29) is 10.8 Å². The van der Waals surface area contributed by atoms with Gasteiger partial charge in [0.1, 0.15) is 5.60 Å². The van der Waals surface area contributed by atoms with Crippen molar-refractivity contribution < 1.29 is 9.63 Å². The number of allylic oxidation sites excluding steroid dienone is 1. The van der Waals surface area contributed by atoms with Crippen LogP contribution in [0.1, 0.15) is 63.7 Å². The fourth-order valence-electron chi connectivity index (χ4n) is 7.14. The molecule has 0 radical (unpaired) electrons. The number of hydrogen-bond donors (Lipinski definition) is 1. The highest BCUT2D eigenvalue weighted by atomic mass is 16.5. The van der Waals surface area contributed by atoms with Crippen molar-refractivity contribution in [2.24, 2.45) is 28.6 Å². The normalized spacial score (nSPS) is 47.8. The van der Waals surface area contributed by atoms with Crippen molar-refractivity contribution in [3.05, 3.63) is 23.1 Å². The molecule has 0 amide bonds. The summed E-state index contributed by atoms with van der Waals surface area (Å²) >= 11 is 0. The summed E-state index contributed by atoms with van der Waals surface area (Å²) < 4.78 is 5.43. The van der Waals surface area contributed by atoms with Crippen LogP contribution in [0.15, 0.2) is 16.3 Å². The summed E-state index contributed by atoms with van der Waals surface area (Å²) in [6.07, 6.45) is 17.4. The van der Waals surface area contributed by atoms with Gasteiger partial charge in [-0.15, -0.1) is 6.42 Å². The van der Waals surface area contributed by atoms with Crippen molar-refractivity contribution in [2.75, 3.05) is 0 Å². The summed E-state index contributed by atoms with van der Waals surface area (Å²) in [6.45, 7) is 4.71. The van der Waals surface area contributed by atoms with Gasteiger partial charge < -0.3 is 9.63 Å². The number of fused-ring (bicyclic) bond motifs is 6. The summed E-state index contributed by atoms with van der Waals surface area (Å²) in [6, 6.07) is 0. The second-order valence-corrected chi connectivity index (χ2v) is 9.39. The van der Waals surface area contributed by atoms with Crippen LogP contribution in [0.3, 0.4) is 0 Å². The first-order valence-corrected chi connectivity index (χ1v) is 9.76. The molecule has 0 aliphatic heterocycles. The molecular formula is C22H27NO2. The molecule has 3 saturated carbocycles. The minimum absolute atomic E-state index is 0.114. The van der Waals surface area contributed by atoms with Gasteiger partial charge in [0.15, 0.2) is 5.76 Å². The van der Waals surface area contributed by atoms with E-state index < -0.39 is 5.60 Å². The second kappa shape index (κ2) is 4.80. The third-order valence-corrected chi connectivity index (χ3v) is 8.67. The van der Waals surface area contributed by atoms with Gasteiger partial charge in [0, 0.05) is 11.0 Å². The van der Waals surface area contributed by atoms with Crippen LogP contribution in [0.2, 0.25) is 0 Å². The van der Waals surface area contributed by atoms with Crippen LogP contribution in [0.5, 0.6) is 0 Å². The summed E-state index contributed by atoms with van der Waals surface area (Å²) in [5.74, 6) is 5.64. The maximum Gasteiger partial charge on any atom is 0.162 e. The summed E-state index contributed by atoms with van der Waals surface area (Å²) in [5, 5.41) is 15.1. The van der Waals surface area contributed by atoms with E-state index in [1.165, 1.54) is 12.0 Å². The smallest absolute Gasteiger partial charge is 0.162 e. The standard InChI is InChI=1S/C22H27NO2/c1-4-22(24)10-8-18-16-6-5-15-11-19-14(13-23-25-19)12-20(15,2)17(16)7-9-21(18,22)3/h1,11,13,16-18,24H,5-10,12H2,2-3H3/t16-,17+,18+,20+,21+,22?/m1/s1. The van der Waals surface area contributed by atoms with E-state index in [4.69, 9.17) is 10.9 Å². The van der Waals surface area contributed by atoms with E-state index in [0.717, 1.165) is 44.3 Å². The van der Waals surface area contributed by atoms with Gasteiger partial charge >= 0.3 is 0 Å². The molecule has 0 bridgehead atoms. The lowest BCUT2D eigenvalue weighted by atomic mass is 9.46. The minimum Gasteiger partial charge on any atom is -0.377 e. The SMILES string of the molecule is C#CC1(O)CC[C@H]2[C@@H]3CCC4=Cc5oncc5C[C@]4(C)[C@H]3CC[C@@]21C.